The molecule has 1 aromatic carbocycles. The van der Waals surface area contributed by atoms with E-state index < -0.39 is 11.9 Å². The van der Waals surface area contributed by atoms with Gasteiger partial charge in [0.2, 0.25) is 0 Å². The molecule has 1 heterocycles. The zero-order valence-electron chi connectivity index (χ0n) is 12.2. The van der Waals surface area contributed by atoms with Crippen LogP contribution in [0.25, 0.3) is 0 Å². The SMILES string of the molecule is Brc1ccccc1OCCN1CCCCC1.O=C(O)C(=O)O. The zero-order chi connectivity index (χ0) is 16.4. The van der Waals surface area contributed by atoms with Gasteiger partial charge in [0, 0.05) is 6.54 Å². The van der Waals surface area contributed by atoms with Crippen molar-refractivity contribution in [1.82, 2.24) is 4.90 Å². The summed E-state index contributed by atoms with van der Waals surface area (Å²) in [5.41, 5.74) is 0. The third kappa shape index (κ3) is 7.42. The average Bonchev–Trinajstić information content (AvgIpc) is 2.51. The van der Waals surface area contributed by atoms with Crippen LogP contribution in [0.4, 0.5) is 0 Å². The van der Waals surface area contributed by atoms with Gasteiger partial charge >= 0.3 is 11.9 Å². The van der Waals surface area contributed by atoms with Crippen LogP contribution in [0.15, 0.2) is 28.7 Å². The molecule has 0 bridgehead atoms. The van der Waals surface area contributed by atoms with Crippen LogP contribution in [0, 0.1) is 0 Å². The van der Waals surface area contributed by atoms with Crippen LogP contribution in [0.2, 0.25) is 0 Å². The molecule has 1 saturated heterocycles. The summed E-state index contributed by atoms with van der Waals surface area (Å²) in [6.07, 6.45) is 4.08. The molecule has 0 unspecified atom stereocenters. The van der Waals surface area contributed by atoms with E-state index in [2.05, 4.69) is 20.8 Å². The van der Waals surface area contributed by atoms with Gasteiger partial charge in [0.15, 0.2) is 0 Å². The minimum absolute atomic E-state index is 0.780. The average molecular weight is 374 g/mol. The maximum absolute atomic E-state index is 9.10. The van der Waals surface area contributed by atoms with Crippen LogP contribution in [-0.4, -0.2) is 53.3 Å². The number of para-hydroxylation sites is 1. The van der Waals surface area contributed by atoms with Crippen LogP contribution >= 0.6 is 15.9 Å². The van der Waals surface area contributed by atoms with Crippen molar-refractivity contribution in [3.05, 3.63) is 28.7 Å². The second-order valence-electron chi connectivity index (χ2n) is 4.79. The molecule has 22 heavy (non-hydrogen) atoms. The Morgan fingerprint density at radius 3 is 2.23 bits per heavy atom. The summed E-state index contributed by atoms with van der Waals surface area (Å²) < 4.78 is 6.79. The number of piperidine rings is 1. The van der Waals surface area contributed by atoms with Gasteiger partial charge in [-0.1, -0.05) is 18.6 Å². The number of rotatable bonds is 4. The van der Waals surface area contributed by atoms with Crippen molar-refractivity contribution in [3.8, 4) is 5.75 Å². The van der Waals surface area contributed by atoms with Gasteiger partial charge in [0.25, 0.3) is 0 Å². The molecule has 1 aromatic rings. The molecule has 0 radical (unpaired) electrons. The predicted octanol–water partition coefficient (Wildman–Crippen LogP) is 2.47. The molecule has 7 heteroatoms. The molecule has 0 saturated carbocycles. The molecule has 0 aromatic heterocycles. The quantitative estimate of drug-likeness (QED) is 0.788. The molecular formula is C15H20BrNO5. The van der Waals surface area contributed by atoms with E-state index in [-0.39, 0.29) is 0 Å². The summed E-state index contributed by atoms with van der Waals surface area (Å²) in [5.74, 6) is -2.70. The molecular weight excluding hydrogens is 354 g/mol. The second kappa shape index (κ2) is 10.2. The topological polar surface area (TPSA) is 87.1 Å². The third-order valence-electron chi connectivity index (χ3n) is 3.13. The third-order valence-corrected chi connectivity index (χ3v) is 3.79. The Kier molecular flexibility index (Phi) is 8.54. The summed E-state index contributed by atoms with van der Waals surface area (Å²) in [4.78, 5) is 20.7. The summed E-state index contributed by atoms with van der Waals surface area (Å²) >= 11 is 3.48. The fraction of sp³-hybridized carbons (Fsp3) is 0.467. The number of carboxylic acid groups (broad SMARTS) is 2. The van der Waals surface area contributed by atoms with Gasteiger partial charge in [-0.25, -0.2) is 9.59 Å². The molecule has 0 aliphatic carbocycles. The van der Waals surface area contributed by atoms with Crippen molar-refractivity contribution >= 4 is 27.9 Å². The molecule has 122 valence electrons. The van der Waals surface area contributed by atoms with Crippen molar-refractivity contribution in [3.63, 3.8) is 0 Å². The van der Waals surface area contributed by atoms with Crippen molar-refractivity contribution in [1.29, 1.82) is 0 Å². The van der Waals surface area contributed by atoms with E-state index in [9.17, 15) is 0 Å². The van der Waals surface area contributed by atoms with Crippen molar-refractivity contribution in [2.24, 2.45) is 0 Å². The predicted molar refractivity (Wildman–Crippen MR) is 85.2 cm³/mol. The van der Waals surface area contributed by atoms with E-state index in [1.54, 1.807) is 0 Å². The number of carboxylic acids is 2. The second-order valence-corrected chi connectivity index (χ2v) is 5.65. The first kappa shape index (κ1) is 18.4. The monoisotopic (exact) mass is 373 g/mol. The molecule has 2 N–H and O–H groups in total. The molecule has 0 spiro atoms. The van der Waals surface area contributed by atoms with Gasteiger partial charge in [0.05, 0.1) is 4.47 Å². The Labute approximate surface area is 137 Å². The number of hydrogen-bond acceptors (Lipinski definition) is 4. The van der Waals surface area contributed by atoms with E-state index >= 15 is 0 Å². The highest BCUT2D eigenvalue weighted by atomic mass is 79.9. The number of carbonyl (C=O) groups is 2. The van der Waals surface area contributed by atoms with Crippen LogP contribution in [0.5, 0.6) is 5.75 Å². The lowest BCUT2D eigenvalue weighted by molar-refractivity contribution is -0.159. The van der Waals surface area contributed by atoms with Crippen molar-refractivity contribution in [2.75, 3.05) is 26.2 Å². The van der Waals surface area contributed by atoms with Crippen LogP contribution in [0.1, 0.15) is 19.3 Å². The summed E-state index contributed by atoms with van der Waals surface area (Å²) in [6.45, 7) is 4.29. The lowest BCUT2D eigenvalue weighted by atomic mass is 10.1. The first-order valence-corrected chi connectivity index (χ1v) is 7.86. The molecule has 0 amide bonds. The molecule has 1 aliphatic heterocycles. The van der Waals surface area contributed by atoms with E-state index in [0.29, 0.717) is 0 Å². The van der Waals surface area contributed by atoms with Crippen molar-refractivity contribution < 1.29 is 24.5 Å². The Balaban J connectivity index is 0.000000346. The van der Waals surface area contributed by atoms with E-state index in [1.807, 2.05) is 24.3 Å². The fourth-order valence-corrected chi connectivity index (χ4v) is 2.43. The van der Waals surface area contributed by atoms with Gasteiger partial charge in [-0.3, -0.25) is 4.90 Å². The molecule has 2 rings (SSSR count). The van der Waals surface area contributed by atoms with Crippen molar-refractivity contribution in [2.45, 2.75) is 19.3 Å². The van der Waals surface area contributed by atoms with Gasteiger partial charge in [0.1, 0.15) is 12.4 Å². The Hall–Kier alpha value is -1.60. The normalized spacial score (nSPS) is 14.6. The number of ether oxygens (including phenoxy) is 1. The van der Waals surface area contributed by atoms with E-state index in [1.165, 1.54) is 32.4 Å². The summed E-state index contributed by atoms with van der Waals surface area (Å²) in [5, 5.41) is 14.8. The Morgan fingerprint density at radius 1 is 1.09 bits per heavy atom. The zero-order valence-corrected chi connectivity index (χ0v) is 13.8. The standard InChI is InChI=1S/C13H18BrNO.C2H2O4/c14-12-6-2-3-7-13(12)16-11-10-15-8-4-1-5-9-15;3-1(4)2(5)6/h2-3,6-7H,1,4-5,8-11H2;(H,3,4)(H,5,6). The molecule has 6 nitrogen and oxygen atoms in total. The number of likely N-dealkylation sites (tertiary alicyclic amines) is 1. The number of halogens is 1. The van der Waals surface area contributed by atoms with E-state index in [0.717, 1.165) is 23.4 Å². The first-order chi connectivity index (χ1) is 10.5. The lowest BCUT2D eigenvalue weighted by Gasteiger charge is -2.26. The van der Waals surface area contributed by atoms with Crippen LogP contribution in [0.3, 0.4) is 0 Å². The number of nitrogens with zero attached hydrogens (tertiary/aromatic N) is 1. The highest BCUT2D eigenvalue weighted by molar-refractivity contribution is 9.10. The molecule has 0 atom stereocenters. The van der Waals surface area contributed by atoms with Crippen LogP contribution < -0.4 is 4.74 Å². The maximum Gasteiger partial charge on any atom is 0.414 e. The summed E-state index contributed by atoms with van der Waals surface area (Å²) in [6, 6.07) is 8.01. The van der Waals surface area contributed by atoms with E-state index in [4.69, 9.17) is 24.5 Å². The van der Waals surface area contributed by atoms with Gasteiger partial charge in [-0.05, 0) is 54.0 Å². The molecule has 1 fully saturated rings. The summed E-state index contributed by atoms with van der Waals surface area (Å²) in [7, 11) is 0. The minimum Gasteiger partial charge on any atom is -0.491 e. The number of aliphatic carboxylic acids is 2. The smallest absolute Gasteiger partial charge is 0.414 e. The van der Waals surface area contributed by atoms with Crippen LogP contribution in [-0.2, 0) is 9.59 Å². The first-order valence-electron chi connectivity index (χ1n) is 7.06. The maximum atomic E-state index is 9.10. The number of hydrogen-bond donors (Lipinski definition) is 2. The Bertz CT molecular complexity index is 477. The number of benzene rings is 1. The largest absolute Gasteiger partial charge is 0.491 e. The highest BCUT2D eigenvalue weighted by Crippen LogP contribution is 2.23. The molecule has 1 aliphatic rings. The fourth-order valence-electron chi connectivity index (χ4n) is 2.03. The Morgan fingerprint density at radius 2 is 1.68 bits per heavy atom. The minimum atomic E-state index is -1.82. The lowest BCUT2D eigenvalue weighted by Crippen LogP contribution is -2.33. The van der Waals surface area contributed by atoms with Gasteiger partial charge in [-0.15, -0.1) is 0 Å². The van der Waals surface area contributed by atoms with Gasteiger partial charge < -0.3 is 14.9 Å². The highest BCUT2D eigenvalue weighted by Gasteiger charge is 2.09. The van der Waals surface area contributed by atoms with Gasteiger partial charge in [-0.2, -0.15) is 0 Å².